The van der Waals surface area contributed by atoms with Crippen LogP contribution in [-0.2, 0) is 16.1 Å². The zero-order valence-corrected chi connectivity index (χ0v) is 9.91. The highest BCUT2D eigenvalue weighted by Gasteiger charge is 2.38. The van der Waals surface area contributed by atoms with Gasteiger partial charge in [-0.15, -0.1) is 0 Å². The van der Waals surface area contributed by atoms with E-state index in [0.717, 1.165) is 0 Å². The van der Waals surface area contributed by atoms with Gasteiger partial charge in [0, 0.05) is 6.54 Å². The molecule has 1 rings (SSSR count). The largest absolute Gasteiger partial charge is 0.465 e. The molecule has 0 aliphatic rings. The summed E-state index contributed by atoms with van der Waals surface area (Å²) in [6.45, 7) is 0.443. The third kappa shape index (κ3) is 4.75. The van der Waals surface area contributed by atoms with Crippen LogP contribution in [0, 0.1) is 0 Å². The summed E-state index contributed by atoms with van der Waals surface area (Å²) in [7, 11) is 0. The number of alkyl halides is 3. The Labute approximate surface area is 103 Å². The molecule has 0 unspecified atom stereocenters. The number of esters is 1. The van der Waals surface area contributed by atoms with E-state index in [4.69, 9.17) is 0 Å². The molecule has 0 aliphatic heterocycles. The van der Waals surface area contributed by atoms with Crippen LogP contribution in [0.15, 0.2) is 30.3 Å². The molecular formula is C12H14F3NO2. The lowest BCUT2D eigenvalue weighted by atomic mass is 10.2. The number of hydrogen-bond donors (Lipinski definition) is 0. The molecule has 100 valence electrons. The van der Waals surface area contributed by atoms with Crippen molar-refractivity contribution in [3.8, 4) is 0 Å². The molecule has 0 N–H and O–H groups in total. The Morgan fingerprint density at radius 2 is 1.89 bits per heavy atom. The first-order chi connectivity index (χ1) is 8.43. The van der Waals surface area contributed by atoms with Crippen LogP contribution in [0.5, 0.6) is 0 Å². The lowest BCUT2D eigenvalue weighted by molar-refractivity contribution is -0.250. The number of nitrogens with zero attached hydrogens (tertiary/aromatic N) is 1. The van der Waals surface area contributed by atoms with Crippen molar-refractivity contribution in [3.05, 3.63) is 35.9 Å². The molecular weight excluding hydrogens is 247 g/mol. The normalized spacial score (nSPS) is 11.6. The van der Waals surface area contributed by atoms with Crippen LogP contribution in [0.4, 0.5) is 13.2 Å². The smallest absolute Gasteiger partial charge is 0.460 e. The Hall–Kier alpha value is -1.56. The number of halogens is 3. The van der Waals surface area contributed by atoms with Crippen LogP contribution < -0.4 is 0 Å². The van der Waals surface area contributed by atoms with Crippen LogP contribution in [0.25, 0.3) is 0 Å². The molecule has 0 amide bonds. The van der Waals surface area contributed by atoms with Gasteiger partial charge in [-0.05, 0) is 12.5 Å². The van der Waals surface area contributed by atoms with E-state index in [-0.39, 0.29) is 18.1 Å². The van der Waals surface area contributed by atoms with E-state index in [2.05, 4.69) is 4.74 Å². The van der Waals surface area contributed by atoms with Gasteiger partial charge in [-0.3, -0.25) is 4.79 Å². The number of benzene rings is 1. The van der Waals surface area contributed by atoms with Crippen molar-refractivity contribution in [2.75, 3.05) is 13.2 Å². The fourth-order valence-electron chi connectivity index (χ4n) is 1.40. The fraction of sp³-hybridized carbons (Fsp3) is 0.417. The van der Waals surface area contributed by atoms with Crippen molar-refractivity contribution >= 4 is 5.97 Å². The minimum Gasteiger partial charge on any atom is -0.465 e. The first kappa shape index (κ1) is 14.5. The Kier molecular flexibility index (Phi) is 5.15. The Morgan fingerprint density at radius 3 is 2.39 bits per heavy atom. The van der Waals surface area contributed by atoms with Gasteiger partial charge in [0.15, 0.2) is 0 Å². The maximum Gasteiger partial charge on any atom is 0.460 e. The predicted octanol–water partition coefficient (Wildman–Crippen LogP) is 2.57. The fourth-order valence-corrected chi connectivity index (χ4v) is 1.40. The van der Waals surface area contributed by atoms with Gasteiger partial charge in [-0.1, -0.05) is 30.3 Å². The van der Waals surface area contributed by atoms with Crippen molar-refractivity contribution in [1.29, 1.82) is 0 Å². The summed E-state index contributed by atoms with van der Waals surface area (Å²) in [6.07, 6.45) is -4.57. The molecule has 0 saturated carbocycles. The zero-order chi connectivity index (χ0) is 13.6. The number of ether oxygens (including phenoxy) is 1. The Bertz CT molecular complexity index is 379. The third-order valence-electron chi connectivity index (χ3n) is 2.20. The van der Waals surface area contributed by atoms with Crippen molar-refractivity contribution in [2.24, 2.45) is 0 Å². The van der Waals surface area contributed by atoms with E-state index in [9.17, 15) is 18.0 Å². The van der Waals surface area contributed by atoms with E-state index in [1.165, 1.54) is 0 Å². The minimum absolute atomic E-state index is 0.0653. The standard InChI is InChI=1S/C12H14F3NO2/c1-2-18-11(17)9-16(12(13,14)15)8-10-6-4-3-5-7-10/h3-7H,2,8-9H2,1H3. The monoisotopic (exact) mass is 261 g/mol. The van der Waals surface area contributed by atoms with Gasteiger partial charge in [0.25, 0.3) is 0 Å². The summed E-state index contributed by atoms with van der Waals surface area (Å²) in [5.74, 6) is -0.884. The maximum atomic E-state index is 12.7. The average molecular weight is 261 g/mol. The zero-order valence-electron chi connectivity index (χ0n) is 9.91. The van der Waals surface area contributed by atoms with Crippen LogP contribution in [-0.4, -0.2) is 30.3 Å². The molecule has 1 aromatic rings. The van der Waals surface area contributed by atoms with Gasteiger partial charge >= 0.3 is 12.3 Å². The average Bonchev–Trinajstić information content (AvgIpc) is 2.28. The molecule has 6 heteroatoms. The second-order valence-corrected chi connectivity index (χ2v) is 3.61. The second-order valence-electron chi connectivity index (χ2n) is 3.61. The van der Waals surface area contributed by atoms with Crippen LogP contribution in [0.2, 0.25) is 0 Å². The van der Waals surface area contributed by atoms with Crippen LogP contribution >= 0.6 is 0 Å². The Morgan fingerprint density at radius 1 is 1.28 bits per heavy atom. The van der Waals surface area contributed by atoms with E-state index in [1.807, 2.05) is 0 Å². The maximum absolute atomic E-state index is 12.7. The van der Waals surface area contributed by atoms with Crippen molar-refractivity contribution in [2.45, 2.75) is 19.8 Å². The number of rotatable bonds is 5. The van der Waals surface area contributed by atoms with Crippen LogP contribution in [0.3, 0.4) is 0 Å². The Balaban J connectivity index is 2.71. The molecule has 1 aromatic carbocycles. The molecule has 0 fully saturated rings. The first-order valence-electron chi connectivity index (χ1n) is 5.44. The van der Waals surface area contributed by atoms with E-state index in [1.54, 1.807) is 37.3 Å². The summed E-state index contributed by atoms with van der Waals surface area (Å²) in [5, 5.41) is 0. The molecule has 3 nitrogen and oxygen atoms in total. The number of carbonyl (C=O) groups is 1. The molecule has 0 aliphatic carbocycles. The van der Waals surface area contributed by atoms with Crippen molar-refractivity contribution in [1.82, 2.24) is 4.90 Å². The van der Waals surface area contributed by atoms with Crippen LogP contribution in [0.1, 0.15) is 12.5 Å². The molecule has 0 heterocycles. The van der Waals surface area contributed by atoms with Gasteiger partial charge in [-0.25, -0.2) is 0 Å². The summed E-state index contributed by atoms with van der Waals surface area (Å²) in [6, 6.07) is 8.16. The molecule has 0 aromatic heterocycles. The number of hydrogen-bond acceptors (Lipinski definition) is 3. The summed E-state index contributed by atoms with van der Waals surface area (Å²) < 4.78 is 42.7. The molecule has 0 spiro atoms. The van der Waals surface area contributed by atoms with Gasteiger partial charge in [0.2, 0.25) is 0 Å². The summed E-state index contributed by atoms with van der Waals surface area (Å²) >= 11 is 0. The highest BCUT2D eigenvalue weighted by atomic mass is 19.4. The second kappa shape index (κ2) is 6.39. The minimum atomic E-state index is -4.57. The van der Waals surface area contributed by atoms with E-state index >= 15 is 0 Å². The predicted molar refractivity (Wildman–Crippen MR) is 59.5 cm³/mol. The molecule has 18 heavy (non-hydrogen) atoms. The lowest BCUT2D eigenvalue weighted by Gasteiger charge is -2.23. The summed E-state index contributed by atoms with van der Waals surface area (Å²) in [5.41, 5.74) is 0.485. The first-order valence-corrected chi connectivity index (χ1v) is 5.44. The molecule has 0 radical (unpaired) electrons. The third-order valence-corrected chi connectivity index (χ3v) is 2.20. The molecule has 0 atom stereocenters. The highest BCUT2D eigenvalue weighted by molar-refractivity contribution is 5.71. The quantitative estimate of drug-likeness (QED) is 0.602. The van der Waals surface area contributed by atoms with Gasteiger partial charge < -0.3 is 4.74 Å². The van der Waals surface area contributed by atoms with E-state index in [0.29, 0.717) is 5.56 Å². The van der Waals surface area contributed by atoms with Crippen molar-refractivity contribution < 1.29 is 22.7 Å². The van der Waals surface area contributed by atoms with E-state index < -0.39 is 18.8 Å². The SMILES string of the molecule is CCOC(=O)CN(Cc1ccccc1)C(F)(F)F. The topological polar surface area (TPSA) is 29.5 Å². The van der Waals surface area contributed by atoms with Gasteiger partial charge in [-0.2, -0.15) is 18.1 Å². The summed E-state index contributed by atoms with van der Waals surface area (Å²) in [4.78, 5) is 11.3. The van der Waals surface area contributed by atoms with Gasteiger partial charge in [0.05, 0.1) is 6.61 Å². The highest BCUT2D eigenvalue weighted by Crippen LogP contribution is 2.23. The number of carbonyl (C=O) groups excluding carboxylic acids is 1. The lowest BCUT2D eigenvalue weighted by Crippen LogP contribution is -2.41. The van der Waals surface area contributed by atoms with Crippen molar-refractivity contribution in [3.63, 3.8) is 0 Å². The molecule has 0 saturated heterocycles. The van der Waals surface area contributed by atoms with Gasteiger partial charge in [0.1, 0.15) is 6.54 Å². The molecule has 0 bridgehead atoms.